The van der Waals surface area contributed by atoms with Crippen LogP contribution in [0.15, 0.2) is 30.6 Å². The van der Waals surface area contributed by atoms with Crippen LogP contribution in [0.25, 0.3) is 11.1 Å². The van der Waals surface area contributed by atoms with Crippen LogP contribution in [-0.4, -0.2) is 9.78 Å². The van der Waals surface area contributed by atoms with Gasteiger partial charge in [-0.3, -0.25) is 4.68 Å². The van der Waals surface area contributed by atoms with Crippen molar-refractivity contribution in [1.82, 2.24) is 9.78 Å². The Labute approximate surface area is 103 Å². The van der Waals surface area contributed by atoms with Gasteiger partial charge in [-0.1, -0.05) is 39.0 Å². The van der Waals surface area contributed by atoms with Crippen molar-refractivity contribution < 1.29 is 0 Å². The van der Waals surface area contributed by atoms with E-state index in [0.29, 0.717) is 0 Å². The quantitative estimate of drug-likeness (QED) is 0.728. The number of rotatable bonds is 1. The fourth-order valence-corrected chi connectivity index (χ4v) is 1.96. The Morgan fingerprint density at radius 2 is 1.88 bits per heavy atom. The second-order valence-corrected chi connectivity index (χ2v) is 5.68. The minimum atomic E-state index is 0.185. The molecule has 1 aromatic heterocycles. The maximum Gasteiger partial charge on any atom is 0.0568 e. The predicted octanol–water partition coefficient (Wildman–Crippen LogP) is 3.69. The summed E-state index contributed by atoms with van der Waals surface area (Å²) in [6.45, 7) is 8.87. The second kappa shape index (κ2) is 4.02. The van der Waals surface area contributed by atoms with Crippen molar-refractivity contribution in [2.75, 3.05) is 0 Å². The van der Waals surface area contributed by atoms with E-state index in [1.807, 2.05) is 17.9 Å². The van der Waals surface area contributed by atoms with Crippen LogP contribution in [0.5, 0.6) is 0 Å². The molecule has 0 aliphatic carbocycles. The number of benzene rings is 1. The van der Waals surface area contributed by atoms with Crippen LogP contribution in [0.2, 0.25) is 0 Å². The summed E-state index contributed by atoms with van der Waals surface area (Å²) in [5.41, 5.74) is 5.32. The number of nitrogens with zero attached hydrogens (tertiary/aromatic N) is 2. The smallest absolute Gasteiger partial charge is 0.0568 e. The van der Waals surface area contributed by atoms with Crippen molar-refractivity contribution in [3.05, 3.63) is 41.7 Å². The highest BCUT2D eigenvalue weighted by Crippen LogP contribution is 2.29. The third-order valence-corrected chi connectivity index (χ3v) is 3.12. The van der Waals surface area contributed by atoms with Crippen LogP contribution in [-0.2, 0) is 12.5 Å². The van der Waals surface area contributed by atoms with Crippen LogP contribution >= 0.6 is 0 Å². The van der Waals surface area contributed by atoms with Gasteiger partial charge in [0, 0.05) is 18.8 Å². The summed E-state index contributed by atoms with van der Waals surface area (Å²) in [5, 5.41) is 4.24. The average molecular weight is 228 g/mol. The molecule has 0 fully saturated rings. The molecule has 0 amide bonds. The molecule has 1 aromatic carbocycles. The first-order valence-corrected chi connectivity index (χ1v) is 5.98. The first-order chi connectivity index (χ1) is 7.88. The molecule has 0 aliphatic heterocycles. The summed E-state index contributed by atoms with van der Waals surface area (Å²) in [5.74, 6) is 0. The predicted molar refractivity (Wildman–Crippen MR) is 72.1 cm³/mol. The van der Waals surface area contributed by atoms with E-state index in [1.54, 1.807) is 0 Å². The molecule has 0 unspecified atom stereocenters. The Kier molecular flexibility index (Phi) is 2.82. The number of aromatic nitrogens is 2. The van der Waals surface area contributed by atoms with Crippen molar-refractivity contribution in [1.29, 1.82) is 0 Å². The van der Waals surface area contributed by atoms with E-state index < -0.39 is 0 Å². The molecule has 2 nitrogen and oxygen atoms in total. The third-order valence-electron chi connectivity index (χ3n) is 3.12. The zero-order chi connectivity index (χ0) is 12.6. The first-order valence-electron chi connectivity index (χ1n) is 5.98. The van der Waals surface area contributed by atoms with E-state index >= 15 is 0 Å². The molecule has 0 saturated heterocycles. The molecular formula is C15H20N2. The molecule has 0 atom stereocenters. The third kappa shape index (κ3) is 2.41. The lowest BCUT2D eigenvalue weighted by molar-refractivity contribution is 0.590. The summed E-state index contributed by atoms with van der Waals surface area (Å²) < 4.78 is 1.85. The Hall–Kier alpha value is -1.57. The van der Waals surface area contributed by atoms with Crippen molar-refractivity contribution in [3.63, 3.8) is 0 Å². The Morgan fingerprint density at radius 3 is 2.41 bits per heavy atom. The normalized spacial score (nSPS) is 11.8. The fourth-order valence-electron chi connectivity index (χ4n) is 1.96. The van der Waals surface area contributed by atoms with Crippen LogP contribution < -0.4 is 0 Å². The van der Waals surface area contributed by atoms with Gasteiger partial charge in [0.1, 0.15) is 0 Å². The second-order valence-electron chi connectivity index (χ2n) is 5.68. The molecule has 90 valence electrons. The molecule has 2 aromatic rings. The van der Waals surface area contributed by atoms with Crippen LogP contribution in [0.1, 0.15) is 31.9 Å². The molecule has 2 heteroatoms. The van der Waals surface area contributed by atoms with Gasteiger partial charge in [-0.15, -0.1) is 0 Å². The highest BCUT2D eigenvalue weighted by Gasteiger charge is 2.15. The molecule has 0 radical (unpaired) electrons. The van der Waals surface area contributed by atoms with Crippen molar-refractivity contribution in [2.45, 2.75) is 33.1 Å². The lowest BCUT2D eigenvalue weighted by Crippen LogP contribution is -2.11. The summed E-state index contributed by atoms with van der Waals surface area (Å²) in [6, 6.07) is 6.70. The minimum absolute atomic E-state index is 0.185. The van der Waals surface area contributed by atoms with E-state index in [2.05, 4.69) is 57.2 Å². The summed E-state index contributed by atoms with van der Waals surface area (Å²) >= 11 is 0. The van der Waals surface area contributed by atoms with E-state index in [9.17, 15) is 0 Å². The van der Waals surface area contributed by atoms with Crippen molar-refractivity contribution >= 4 is 0 Å². The molecule has 0 bridgehead atoms. The lowest BCUT2D eigenvalue weighted by atomic mass is 9.84. The molecule has 2 rings (SSSR count). The van der Waals surface area contributed by atoms with E-state index in [4.69, 9.17) is 0 Å². The average Bonchev–Trinajstić information content (AvgIpc) is 2.63. The molecular weight excluding hydrogens is 208 g/mol. The van der Waals surface area contributed by atoms with Crippen LogP contribution in [0.3, 0.4) is 0 Å². The van der Waals surface area contributed by atoms with Gasteiger partial charge < -0.3 is 0 Å². The zero-order valence-electron chi connectivity index (χ0n) is 11.3. The Balaban J connectivity index is 2.54. The van der Waals surface area contributed by atoms with E-state index in [-0.39, 0.29) is 5.41 Å². The van der Waals surface area contributed by atoms with Gasteiger partial charge in [0.25, 0.3) is 0 Å². The van der Waals surface area contributed by atoms with Crippen LogP contribution in [0, 0.1) is 6.92 Å². The molecule has 17 heavy (non-hydrogen) atoms. The highest BCUT2D eigenvalue weighted by atomic mass is 15.2. The molecule has 0 aliphatic rings. The number of aryl methyl sites for hydroxylation is 2. The fraction of sp³-hybridized carbons (Fsp3) is 0.400. The van der Waals surface area contributed by atoms with Gasteiger partial charge in [-0.05, 0) is 29.0 Å². The Morgan fingerprint density at radius 1 is 1.18 bits per heavy atom. The van der Waals surface area contributed by atoms with Crippen LogP contribution in [0.4, 0.5) is 0 Å². The standard InChI is InChI=1S/C15H20N2/c1-11-6-7-13(15(2,3)4)8-14(11)12-9-16-17(5)10-12/h6-10H,1-5H3. The van der Waals surface area contributed by atoms with Crippen molar-refractivity contribution in [2.24, 2.45) is 7.05 Å². The first kappa shape index (κ1) is 11.9. The summed E-state index contributed by atoms with van der Waals surface area (Å²) in [4.78, 5) is 0. The molecule has 1 heterocycles. The largest absolute Gasteiger partial charge is 0.275 e. The highest BCUT2D eigenvalue weighted by molar-refractivity contribution is 5.67. The lowest BCUT2D eigenvalue weighted by Gasteiger charge is -2.20. The zero-order valence-corrected chi connectivity index (χ0v) is 11.3. The molecule has 0 N–H and O–H groups in total. The van der Waals surface area contributed by atoms with Gasteiger partial charge in [-0.2, -0.15) is 5.10 Å². The number of hydrogen-bond acceptors (Lipinski definition) is 1. The minimum Gasteiger partial charge on any atom is -0.275 e. The molecule has 0 saturated carbocycles. The number of hydrogen-bond donors (Lipinski definition) is 0. The monoisotopic (exact) mass is 228 g/mol. The maximum absolute atomic E-state index is 4.24. The summed E-state index contributed by atoms with van der Waals surface area (Å²) in [6.07, 6.45) is 3.99. The Bertz CT molecular complexity index is 530. The van der Waals surface area contributed by atoms with Crippen molar-refractivity contribution in [3.8, 4) is 11.1 Å². The SMILES string of the molecule is Cc1ccc(C(C)(C)C)cc1-c1cnn(C)c1. The maximum atomic E-state index is 4.24. The summed E-state index contributed by atoms with van der Waals surface area (Å²) in [7, 11) is 1.95. The van der Waals surface area contributed by atoms with Gasteiger partial charge in [0.05, 0.1) is 6.20 Å². The van der Waals surface area contributed by atoms with Gasteiger partial charge >= 0.3 is 0 Å². The van der Waals surface area contributed by atoms with Gasteiger partial charge in [-0.25, -0.2) is 0 Å². The van der Waals surface area contributed by atoms with E-state index in [1.165, 1.54) is 22.3 Å². The topological polar surface area (TPSA) is 17.8 Å². The molecule has 0 spiro atoms. The van der Waals surface area contributed by atoms with E-state index in [0.717, 1.165) is 0 Å². The van der Waals surface area contributed by atoms with Gasteiger partial charge in [0.2, 0.25) is 0 Å². The van der Waals surface area contributed by atoms with Gasteiger partial charge in [0.15, 0.2) is 0 Å².